The number of carbonyl (C=O) groups excluding carboxylic acids is 3. The number of ketones is 1. The van der Waals surface area contributed by atoms with Gasteiger partial charge in [0.05, 0.1) is 11.1 Å². The Kier molecular flexibility index (Phi) is 7.40. The summed E-state index contributed by atoms with van der Waals surface area (Å²) < 4.78 is 10.2. The van der Waals surface area contributed by atoms with Crippen molar-refractivity contribution in [3.05, 3.63) is 107 Å². The Labute approximate surface area is 199 Å². The molecule has 0 fully saturated rings. The molecule has 35 heavy (non-hydrogen) atoms. The Morgan fingerprint density at radius 2 is 1.17 bits per heavy atom. The van der Waals surface area contributed by atoms with Gasteiger partial charge in [0, 0.05) is 5.56 Å². The van der Waals surface area contributed by atoms with Gasteiger partial charge in [-0.15, -0.1) is 0 Å². The number of aryl methyl sites for hydroxylation is 1. The third-order valence-corrected chi connectivity index (χ3v) is 5.06. The fraction of sp³-hybridized carbons (Fsp3) is 0.115. The minimum atomic E-state index is -3.43. The number of benzene rings is 3. The van der Waals surface area contributed by atoms with Gasteiger partial charge in [-0.2, -0.15) is 0 Å². The number of rotatable bonds is 9. The Morgan fingerprint density at radius 1 is 0.686 bits per heavy atom. The second-order valence-electron chi connectivity index (χ2n) is 7.48. The molecule has 2 N–H and O–H groups in total. The lowest BCUT2D eigenvalue weighted by Crippen LogP contribution is -2.62. The average molecular weight is 476 g/mol. The first kappa shape index (κ1) is 24.8. The molecule has 0 radical (unpaired) electrons. The van der Waals surface area contributed by atoms with Crippen LogP contribution in [-0.2, 0) is 19.1 Å². The predicted molar refractivity (Wildman–Crippen MR) is 121 cm³/mol. The normalized spacial score (nSPS) is 13.1. The monoisotopic (exact) mass is 476 g/mol. The Bertz CT molecular complexity index is 1250. The topological polar surface area (TPSA) is 144 Å². The van der Waals surface area contributed by atoms with E-state index in [9.17, 15) is 34.2 Å². The summed E-state index contributed by atoms with van der Waals surface area (Å²) in [7, 11) is 0. The summed E-state index contributed by atoms with van der Waals surface area (Å²) >= 11 is 0. The summed E-state index contributed by atoms with van der Waals surface area (Å²) in [6.45, 7) is 1.75. The van der Waals surface area contributed by atoms with Crippen LogP contribution in [0.15, 0.2) is 84.9 Å². The van der Waals surface area contributed by atoms with E-state index < -0.39 is 41.4 Å². The van der Waals surface area contributed by atoms with E-state index in [0.717, 1.165) is 5.56 Å². The maximum Gasteiger partial charge on any atom is 0.361 e. The zero-order valence-corrected chi connectivity index (χ0v) is 18.4. The highest BCUT2D eigenvalue weighted by Gasteiger charge is 2.62. The molecule has 0 heterocycles. The largest absolute Gasteiger partial charge is 0.478 e. The second kappa shape index (κ2) is 10.4. The van der Waals surface area contributed by atoms with Crippen molar-refractivity contribution in [2.75, 3.05) is 0 Å². The molecule has 3 rings (SSSR count). The van der Waals surface area contributed by atoms with E-state index in [1.807, 2.05) is 0 Å². The molecule has 9 heteroatoms. The number of aliphatic carboxylic acids is 2. The van der Waals surface area contributed by atoms with Gasteiger partial charge in [0.1, 0.15) is 0 Å². The molecule has 0 aliphatic heterocycles. The summed E-state index contributed by atoms with van der Waals surface area (Å²) in [6, 6.07) is 19.7. The number of carboxylic acids is 2. The molecular formula is C26H20O9. The summed E-state index contributed by atoms with van der Waals surface area (Å²) in [5.41, 5.74) is -3.16. The van der Waals surface area contributed by atoms with Crippen LogP contribution in [0.3, 0.4) is 0 Å². The standard InChI is InChI=1S/C26H20O9/c1-16-12-14-19(15-13-16)24(31)35-26(25(32)33,20(27)17-8-4-2-5-9-17)21(22(28)29)34-23(30)18-10-6-3-7-11-18/h2-15,21H,1H3,(H,28,29)(H,32,33). The maximum absolute atomic E-state index is 13.5. The molecule has 2 unspecified atom stereocenters. The average Bonchev–Trinajstić information content (AvgIpc) is 2.86. The molecule has 0 saturated heterocycles. The van der Waals surface area contributed by atoms with Gasteiger partial charge in [-0.3, -0.25) is 4.79 Å². The van der Waals surface area contributed by atoms with Crippen LogP contribution >= 0.6 is 0 Å². The van der Waals surface area contributed by atoms with Crippen LogP contribution in [0, 0.1) is 6.92 Å². The number of carboxylic acid groups (broad SMARTS) is 2. The Balaban J connectivity index is 2.14. The Hall–Kier alpha value is -4.79. The lowest BCUT2D eigenvalue weighted by molar-refractivity contribution is -0.176. The van der Waals surface area contributed by atoms with Crippen molar-refractivity contribution < 1.29 is 43.7 Å². The van der Waals surface area contributed by atoms with E-state index in [1.165, 1.54) is 60.7 Å². The molecular weight excluding hydrogens is 456 g/mol. The number of hydrogen-bond donors (Lipinski definition) is 2. The summed E-state index contributed by atoms with van der Waals surface area (Å²) in [5.74, 6) is -8.04. The van der Waals surface area contributed by atoms with E-state index in [2.05, 4.69) is 0 Å². The van der Waals surface area contributed by atoms with Crippen molar-refractivity contribution in [2.45, 2.75) is 18.6 Å². The number of hydrogen-bond acceptors (Lipinski definition) is 7. The van der Waals surface area contributed by atoms with Crippen molar-refractivity contribution >= 4 is 29.7 Å². The van der Waals surface area contributed by atoms with E-state index in [0.29, 0.717) is 0 Å². The SMILES string of the molecule is Cc1ccc(C(=O)OC(C(=O)O)(C(=O)c2ccccc2)C(OC(=O)c2ccccc2)C(=O)O)cc1. The molecule has 3 aromatic carbocycles. The van der Waals surface area contributed by atoms with Gasteiger partial charge < -0.3 is 19.7 Å². The molecule has 0 aliphatic carbocycles. The van der Waals surface area contributed by atoms with Crippen LogP contribution in [-0.4, -0.2) is 51.6 Å². The van der Waals surface area contributed by atoms with E-state index in [-0.39, 0.29) is 16.7 Å². The zero-order chi connectivity index (χ0) is 25.6. The molecule has 0 saturated carbocycles. The minimum Gasteiger partial charge on any atom is -0.478 e. The molecule has 3 aromatic rings. The minimum absolute atomic E-state index is 0.102. The summed E-state index contributed by atoms with van der Waals surface area (Å²) in [5, 5.41) is 20.0. The highest BCUT2D eigenvalue weighted by molar-refractivity contribution is 6.19. The van der Waals surface area contributed by atoms with Gasteiger partial charge in [0.25, 0.3) is 6.10 Å². The van der Waals surface area contributed by atoms with Crippen LogP contribution in [0.5, 0.6) is 0 Å². The molecule has 0 aliphatic rings. The van der Waals surface area contributed by atoms with Crippen molar-refractivity contribution in [1.82, 2.24) is 0 Å². The molecule has 0 amide bonds. The van der Waals surface area contributed by atoms with E-state index >= 15 is 0 Å². The van der Waals surface area contributed by atoms with Gasteiger partial charge in [0.15, 0.2) is 0 Å². The number of Topliss-reactive ketones (excluding diaryl/α,β-unsaturated/α-hetero) is 1. The summed E-state index contributed by atoms with van der Waals surface area (Å²) in [6.07, 6.45) is -2.71. The second-order valence-corrected chi connectivity index (χ2v) is 7.48. The third kappa shape index (κ3) is 5.25. The van der Waals surface area contributed by atoms with Crippen molar-refractivity contribution in [3.63, 3.8) is 0 Å². The highest BCUT2D eigenvalue weighted by atomic mass is 16.6. The fourth-order valence-corrected chi connectivity index (χ4v) is 3.23. The fourth-order valence-electron chi connectivity index (χ4n) is 3.23. The zero-order valence-electron chi connectivity index (χ0n) is 18.4. The van der Waals surface area contributed by atoms with Gasteiger partial charge >= 0.3 is 29.5 Å². The highest BCUT2D eigenvalue weighted by Crippen LogP contribution is 2.29. The number of carbonyl (C=O) groups is 5. The van der Waals surface area contributed by atoms with Gasteiger partial charge in [0.2, 0.25) is 5.78 Å². The van der Waals surface area contributed by atoms with E-state index in [4.69, 9.17) is 9.47 Å². The van der Waals surface area contributed by atoms with E-state index in [1.54, 1.807) is 31.2 Å². The van der Waals surface area contributed by atoms with Crippen LogP contribution in [0.4, 0.5) is 0 Å². The lowest BCUT2D eigenvalue weighted by Gasteiger charge is -2.32. The van der Waals surface area contributed by atoms with Crippen LogP contribution in [0.2, 0.25) is 0 Å². The molecule has 2 atom stereocenters. The van der Waals surface area contributed by atoms with Gasteiger partial charge in [-0.25, -0.2) is 19.2 Å². The first-order chi connectivity index (χ1) is 16.7. The Morgan fingerprint density at radius 3 is 1.66 bits per heavy atom. The molecule has 0 spiro atoms. The summed E-state index contributed by atoms with van der Waals surface area (Å²) in [4.78, 5) is 63.9. The third-order valence-electron chi connectivity index (χ3n) is 5.06. The lowest BCUT2D eigenvalue weighted by atomic mass is 9.86. The molecule has 0 aromatic heterocycles. The number of ether oxygens (including phenoxy) is 2. The first-order valence-electron chi connectivity index (χ1n) is 10.3. The van der Waals surface area contributed by atoms with Crippen molar-refractivity contribution in [1.29, 1.82) is 0 Å². The molecule has 178 valence electrons. The van der Waals surface area contributed by atoms with Crippen LogP contribution < -0.4 is 0 Å². The van der Waals surface area contributed by atoms with Gasteiger partial charge in [-0.05, 0) is 31.2 Å². The number of esters is 2. The smallest absolute Gasteiger partial charge is 0.361 e. The van der Waals surface area contributed by atoms with Crippen molar-refractivity contribution in [3.8, 4) is 0 Å². The quantitative estimate of drug-likeness (QED) is 0.270. The van der Waals surface area contributed by atoms with Crippen molar-refractivity contribution in [2.24, 2.45) is 0 Å². The molecule has 0 bridgehead atoms. The predicted octanol–water partition coefficient (Wildman–Crippen LogP) is 3.17. The first-order valence-corrected chi connectivity index (χ1v) is 10.3. The van der Waals surface area contributed by atoms with Crippen LogP contribution in [0.25, 0.3) is 0 Å². The maximum atomic E-state index is 13.5. The van der Waals surface area contributed by atoms with Gasteiger partial charge in [-0.1, -0.05) is 66.2 Å². The van der Waals surface area contributed by atoms with Crippen LogP contribution in [0.1, 0.15) is 36.6 Å². The molecule has 9 nitrogen and oxygen atoms in total.